The van der Waals surface area contributed by atoms with E-state index in [2.05, 4.69) is 22.2 Å². The summed E-state index contributed by atoms with van der Waals surface area (Å²) in [5.41, 5.74) is 0. The average molecular weight is 253 g/mol. The molecule has 0 radical (unpaired) electrons. The number of carbonyl (C=O) groups is 1. The average Bonchev–Trinajstić information content (AvgIpc) is 3.12. The normalized spacial score (nSPS) is 34.7. The smallest absolute Gasteiger partial charge is 0.223 e. The van der Waals surface area contributed by atoms with Gasteiger partial charge >= 0.3 is 0 Å². The zero-order valence-corrected chi connectivity index (χ0v) is 11.1. The van der Waals surface area contributed by atoms with Gasteiger partial charge in [-0.1, -0.05) is 0 Å². The van der Waals surface area contributed by atoms with Gasteiger partial charge in [0.05, 0.1) is 25.3 Å². The molecule has 5 nitrogen and oxygen atoms in total. The fourth-order valence-electron chi connectivity index (χ4n) is 2.84. The Labute approximate surface area is 108 Å². The molecule has 2 atom stereocenters. The number of hydrogen-bond donors (Lipinski definition) is 1. The van der Waals surface area contributed by atoms with Crippen LogP contribution in [0.1, 0.15) is 12.8 Å². The number of carbonyl (C=O) groups excluding carboxylic acids is 1. The summed E-state index contributed by atoms with van der Waals surface area (Å²) in [6, 6.07) is 0.572. The molecule has 0 aromatic heterocycles. The summed E-state index contributed by atoms with van der Waals surface area (Å²) in [5.74, 6) is 0.531. The zero-order chi connectivity index (χ0) is 12.5. The first-order valence-electron chi connectivity index (χ1n) is 7.05. The second-order valence-corrected chi connectivity index (χ2v) is 5.83. The lowest BCUT2D eigenvalue weighted by Gasteiger charge is -2.38. The van der Waals surface area contributed by atoms with Gasteiger partial charge in [-0.05, 0) is 19.9 Å². The van der Waals surface area contributed by atoms with E-state index >= 15 is 0 Å². The first kappa shape index (κ1) is 12.4. The third-order valence-corrected chi connectivity index (χ3v) is 4.33. The number of nitrogens with one attached hydrogen (secondary N) is 1. The number of rotatable bonds is 3. The van der Waals surface area contributed by atoms with Gasteiger partial charge in [-0.3, -0.25) is 9.69 Å². The monoisotopic (exact) mass is 253 g/mol. The summed E-state index contributed by atoms with van der Waals surface area (Å²) < 4.78 is 5.58. The molecule has 0 aromatic carbocycles. The van der Waals surface area contributed by atoms with Crippen LogP contribution in [0.15, 0.2) is 0 Å². The van der Waals surface area contributed by atoms with Crippen LogP contribution < -0.4 is 5.32 Å². The lowest BCUT2D eigenvalue weighted by atomic mass is 10.1. The third kappa shape index (κ3) is 2.68. The van der Waals surface area contributed by atoms with Gasteiger partial charge in [0.2, 0.25) is 5.91 Å². The van der Waals surface area contributed by atoms with E-state index in [1.54, 1.807) is 0 Å². The van der Waals surface area contributed by atoms with Crippen molar-refractivity contribution in [3.05, 3.63) is 0 Å². The van der Waals surface area contributed by atoms with Gasteiger partial charge < -0.3 is 15.0 Å². The summed E-state index contributed by atoms with van der Waals surface area (Å²) >= 11 is 0. The molecule has 1 amide bonds. The molecule has 2 aliphatic heterocycles. The molecule has 0 spiro atoms. The predicted octanol–water partition coefficient (Wildman–Crippen LogP) is -0.473. The van der Waals surface area contributed by atoms with Gasteiger partial charge in [0, 0.05) is 32.1 Å². The molecule has 18 heavy (non-hydrogen) atoms. The van der Waals surface area contributed by atoms with Crippen LogP contribution in [0, 0.1) is 5.92 Å². The van der Waals surface area contributed by atoms with Crippen LogP contribution in [0.4, 0.5) is 0 Å². The first-order chi connectivity index (χ1) is 8.74. The van der Waals surface area contributed by atoms with Crippen LogP contribution in [-0.2, 0) is 9.53 Å². The van der Waals surface area contributed by atoms with E-state index in [9.17, 15) is 4.79 Å². The molecule has 3 aliphatic rings. The molecular weight excluding hydrogens is 230 g/mol. The maximum Gasteiger partial charge on any atom is 0.223 e. The summed E-state index contributed by atoms with van der Waals surface area (Å²) in [7, 11) is 2.16. The van der Waals surface area contributed by atoms with Crippen molar-refractivity contribution in [3.8, 4) is 0 Å². The molecule has 1 aliphatic carbocycles. The van der Waals surface area contributed by atoms with Crippen LogP contribution in [0.5, 0.6) is 0 Å². The highest BCUT2D eigenvalue weighted by atomic mass is 16.5. The van der Waals surface area contributed by atoms with Crippen molar-refractivity contribution in [2.45, 2.75) is 24.9 Å². The van der Waals surface area contributed by atoms with E-state index in [1.165, 1.54) is 0 Å². The second-order valence-electron chi connectivity index (χ2n) is 5.83. The highest BCUT2D eigenvalue weighted by molar-refractivity contribution is 5.81. The van der Waals surface area contributed by atoms with Crippen LogP contribution in [0.2, 0.25) is 0 Å². The van der Waals surface area contributed by atoms with Gasteiger partial charge in [0.15, 0.2) is 0 Å². The fourth-order valence-corrected chi connectivity index (χ4v) is 2.84. The molecule has 0 aromatic rings. The van der Waals surface area contributed by atoms with Gasteiger partial charge in [0.25, 0.3) is 0 Å². The van der Waals surface area contributed by atoms with Gasteiger partial charge in [-0.2, -0.15) is 0 Å². The standard InChI is InChI=1S/C13H23N3O2/c1-15-4-6-16(7-5-15)12-9-18-8-11(12)14-13(17)10-2-3-10/h10-12H,2-9H2,1H3,(H,14,17)/t11-,12-/m0/s1. The Balaban J connectivity index is 1.55. The summed E-state index contributed by atoms with van der Waals surface area (Å²) in [5, 5.41) is 3.18. The molecule has 2 heterocycles. The molecule has 2 saturated heterocycles. The highest BCUT2D eigenvalue weighted by Gasteiger charge is 2.38. The Hall–Kier alpha value is -0.650. The maximum absolute atomic E-state index is 11.8. The summed E-state index contributed by atoms with van der Waals surface area (Å²) in [6.45, 7) is 5.83. The van der Waals surface area contributed by atoms with Crippen molar-refractivity contribution in [1.82, 2.24) is 15.1 Å². The molecule has 0 bridgehead atoms. The fraction of sp³-hybridized carbons (Fsp3) is 0.923. The maximum atomic E-state index is 11.8. The Kier molecular flexibility index (Phi) is 3.54. The van der Waals surface area contributed by atoms with E-state index in [0.717, 1.165) is 45.6 Å². The van der Waals surface area contributed by atoms with E-state index in [4.69, 9.17) is 4.74 Å². The van der Waals surface area contributed by atoms with E-state index in [1.807, 2.05) is 0 Å². The molecule has 1 N–H and O–H groups in total. The Morgan fingerprint density at radius 1 is 1.17 bits per heavy atom. The molecular formula is C13H23N3O2. The third-order valence-electron chi connectivity index (χ3n) is 4.33. The van der Waals surface area contributed by atoms with Crippen LogP contribution in [0.25, 0.3) is 0 Å². The van der Waals surface area contributed by atoms with Crippen LogP contribution >= 0.6 is 0 Å². The van der Waals surface area contributed by atoms with Crippen molar-refractivity contribution < 1.29 is 9.53 Å². The molecule has 0 unspecified atom stereocenters. The van der Waals surface area contributed by atoms with Crippen molar-refractivity contribution in [1.29, 1.82) is 0 Å². The van der Waals surface area contributed by atoms with Crippen molar-refractivity contribution in [3.63, 3.8) is 0 Å². The molecule has 3 fully saturated rings. The second kappa shape index (κ2) is 5.15. The van der Waals surface area contributed by atoms with Crippen molar-refractivity contribution in [2.24, 2.45) is 5.92 Å². The van der Waals surface area contributed by atoms with E-state index in [0.29, 0.717) is 18.6 Å². The number of hydrogen-bond acceptors (Lipinski definition) is 4. The quantitative estimate of drug-likeness (QED) is 0.738. The van der Waals surface area contributed by atoms with Crippen molar-refractivity contribution >= 4 is 5.91 Å². The van der Waals surface area contributed by atoms with Crippen molar-refractivity contribution in [2.75, 3.05) is 46.4 Å². The van der Waals surface area contributed by atoms with E-state index in [-0.39, 0.29) is 11.9 Å². The minimum absolute atomic E-state index is 0.196. The minimum atomic E-state index is 0.196. The van der Waals surface area contributed by atoms with Gasteiger partial charge in [-0.25, -0.2) is 0 Å². The number of ether oxygens (including phenoxy) is 1. The van der Waals surface area contributed by atoms with Crippen LogP contribution in [-0.4, -0.2) is 74.2 Å². The van der Waals surface area contributed by atoms with Gasteiger partial charge in [0.1, 0.15) is 0 Å². The molecule has 1 saturated carbocycles. The van der Waals surface area contributed by atoms with Gasteiger partial charge in [-0.15, -0.1) is 0 Å². The minimum Gasteiger partial charge on any atom is -0.378 e. The summed E-state index contributed by atoms with van der Waals surface area (Å²) in [4.78, 5) is 16.7. The number of likely N-dealkylation sites (N-methyl/N-ethyl adjacent to an activating group) is 1. The largest absolute Gasteiger partial charge is 0.378 e. The number of nitrogens with zero attached hydrogens (tertiary/aromatic N) is 2. The predicted molar refractivity (Wildman–Crippen MR) is 68.3 cm³/mol. The molecule has 3 rings (SSSR count). The topological polar surface area (TPSA) is 44.8 Å². The lowest BCUT2D eigenvalue weighted by molar-refractivity contribution is -0.123. The first-order valence-corrected chi connectivity index (χ1v) is 7.05. The Morgan fingerprint density at radius 2 is 1.89 bits per heavy atom. The number of piperazine rings is 1. The summed E-state index contributed by atoms with van der Waals surface area (Å²) in [6.07, 6.45) is 2.14. The zero-order valence-electron chi connectivity index (χ0n) is 11.1. The SMILES string of the molecule is CN1CCN([C@H]2COC[C@@H]2NC(=O)C2CC2)CC1. The molecule has 5 heteroatoms. The molecule has 102 valence electrons. The van der Waals surface area contributed by atoms with Crippen LogP contribution in [0.3, 0.4) is 0 Å². The highest BCUT2D eigenvalue weighted by Crippen LogP contribution is 2.29. The number of amides is 1. The Bertz CT molecular complexity index is 311. The lowest BCUT2D eigenvalue weighted by Crippen LogP contribution is -2.56. The van der Waals surface area contributed by atoms with E-state index < -0.39 is 0 Å². The Morgan fingerprint density at radius 3 is 2.56 bits per heavy atom.